The molecule has 0 spiro atoms. The van der Waals surface area contributed by atoms with Gasteiger partial charge in [0.15, 0.2) is 0 Å². The van der Waals surface area contributed by atoms with Gasteiger partial charge < -0.3 is 10.2 Å². The van der Waals surface area contributed by atoms with E-state index in [9.17, 15) is 4.79 Å². The largest absolute Gasteiger partial charge is 0.345 e. The van der Waals surface area contributed by atoms with Gasteiger partial charge in [0.25, 0.3) is 0 Å². The molecule has 5 nitrogen and oxygen atoms in total. The smallest absolute Gasteiger partial charge is 0.236 e. The second-order valence-corrected chi connectivity index (χ2v) is 4.60. The van der Waals surface area contributed by atoms with Crippen LogP contribution in [0.4, 0.5) is 0 Å². The van der Waals surface area contributed by atoms with E-state index in [0.717, 1.165) is 23.1 Å². The van der Waals surface area contributed by atoms with Crippen LogP contribution in [0.1, 0.15) is 12.6 Å². The maximum atomic E-state index is 11.7. The number of hydrogen-bond donors (Lipinski definition) is 1. The van der Waals surface area contributed by atoms with Crippen LogP contribution in [0.15, 0.2) is 24.3 Å². The summed E-state index contributed by atoms with van der Waals surface area (Å²) >= 11 is 0. The molecule has 0 radical (unpaired) electrons. The molecule has 1 aromatic heterocycles. The van der Waals surface area contributed by atoms with Gasteiger partial charge in [0, 0.05) is 32.6 Å². The highest BCUT2D eigenvalue weighted by Crippen LogP contribution is 2.16. The van der Waals surface area contributed by atoms with Crippen LogP contribution in [0.25, 0.3) is 10.9 Å². The molecule has 0 aliphatic rings. The lowest BCUT2D eigenvalue weighted by Crippen LogP contribution is -2.35. The molecule has 19 heavy (non-hydrogen) atoms. The normalized spacial score (nSPS) is 10.9. The molecule has 102 valence electrons. The first kappa shape index (κ1) is 13.5. The third-order valence-corrected chi connectivity index (χ3v) is 3.30. The monoisotopic (exact) mass is 260 g/mol. The van der Waals surface area contributed by atoms with Crippen molar-refractivity contribution in [1.29, 1.82) is 0 Å². The molecule has 0 bridgehead atoms. The molecule has 1 heterocycles. The fourth-order valence-electron chi connectivity index (χ4n) is 2.02. The minimum atomic E-state index is 0.0998. The van der Waals surface area contributed by atoms with Crippen molar-refractivity contribution in [3.63, 3.8) is 0 Å². The van der Waals surface area contributed by atoms with Crippen molar-refractivity contribution in [3.05, 3.63) is 30.0 Å². The summed E-state index contributed by atoms with van der Waals surface area (Å²) in [5.74, 6) is 0.0998. The molecular formula is C14H20N4O. The number of rotatable bonds is 5. The Labute approximate surface area is 113 Å². The van der Waals surface area contributed by atoms with Gasteiger partial charge in [0.2, 0.25) is 5.91 Å². The number of carbonyl (C=O) groups excluding carboxylic acids is 1. The number of aromatic nitrogens is 2. The van der Waals surface area contributed by atoms with Crippen LogP contribution < -0.4 is 5.32 Å². The van der Waals surface area contributed by atoms with Crippen molar-refractivity contribution < 1.29 is 4.79 Å². The first-order chi connectivity index (χ1) is 9.13. The predicted octanol–water partition coefficient (Wildman–Crippen LogP) is 1.14. The van der Waals surface area contributed by atoms with Crippen LogP contribution >= 0.6 is 0 Å². The highest BCUT2D eigenvalue weighted by atomic mass is 16.2. The number of amides is 1. The SMILES string of the molecule is CCN(C)C(=O)CNCc1nn(C)c2ccccc12. The number of fused-ring (bicyclic) bond motifs is 1. The molecule has 0 unspecified atom stereocenters. The summed E-state index contributed by atoms with van der Waals surface area (Å²) in [6, 6.07) is 8.10. The first-order valence-electron chi connectivity index (χ1n) is 6.48. The van der Waals surface area contributed by atoms with Crippen molar-refractivity contribution in [1.82, 2.24) is 20.0 Å². The highest BCUT2D eigenvalue weighted by molar-refractivity contribution is 5.82. The predicted molar refractivity (Wildman–Crippen MR) is 75.7 cm³/mol. The number of para-hydroxylation sites is 1. The molecule has 0 saturated heterocycles. The van der Waals surface area contributed by atoms with Crippen molar-refractivity contribution in [3.8, 4) is 0 Å². The summed E-state index contributed by atoms with van der Waals surface area (Å²) in [5.41, 5.74) is 2.08. The third-order valence-electron chi connectivity index (χ3n) is 3.30. The van der Waals surface area contributed by atoms with E-state index in [0.29, 0.717) is 13.1 Å². The average Bonchev–Trinajstić information content (AvgIpc) is 2.75. The summed E-state index contributed by atoms with van der Waals surface area (Å²) in [4.78, 5) is 13.4. The van der Waals surface area contributed by atoms with Crippen LogP contribution in [0, 0.1) is 0 Å². The molecule has 0 saturated carbocycles. The third kappa shape index (κ3) is 2.93. The lowest BCUT2D eigenvalue weighted by molar-refractivity contribution is -0.128. The maximum absolute atomic E-state index is 11.7. The van der Waals surface area contributed by atoms with Crippen LogP contribution in [0.2, 0.25) is 0 Å². The van der Waals surface area contributed by atoms with Gasteiger partial charge in [-0.2, -0.15) is 5.10 Å². The fraction of sp³-hybridized carbons (Fsp3) is 0.429. The van der Waals surface area contributed by atoms with E-state index in [1.54, 1.807) is 11.9 Å². The van der Waals surface area contributed by atoms with E-state index in [1.807, 2.05) is 36.9 Å². The van der Waals surface area contributed by atoms with E-state index in [1.165, 1.54) is 0 Å². The lowest BCUT2D eigenvalue weighted by Gasteiger charge is -2.14. The van der Waals surface area contributed by atoms with E-state index < -0.39 is 0 Å². The summed E-state index contributed by atoms with van der Waals surface area (Å²) in [7, 11) is 3.74. The number of likely N-dealkylation sites (N-methyl/N-ethyl adjacent to an activating group) is 1. The molecule has 0 aliphatic heterocycles. The Kier molecular flexibility index (Phi) is 4.16. The van der Waals surface area contributed by atoms with Crippen LogP contribution in [0.3, 0.4) is 0 Å². The zero-order chi connectivity index (χ0) is 13.8. The molecule has 1 N–H and O–H groups in total. The standard InChI is InChI=1S/C14H20N4O/c1-4-17(2)14(19)10-15-9-12-11-7-5-6-8-13(11)18(3)16-12/h5-8,15H,4,9-10H2,1-3H3. The Morgan fingerprint density at radius 1 is 1.42 bits per heavy atom. The molecule has 0 fully saturated rings. The summed E-state index contributed by atoms with van der Waals surface area (Å²) in [5, 5.41) is 8.77. The molecule has 0 atom stereocenters. The Hall–Kier alpha value is -1.88. The van der Waals surface area contributed by atoms with Crippen molar-refractivity contribution in [2.24, 2.45) is 7.05 Å². The number of nitrogens with zero attached hydrogens (tertiary/aromatic N) is 3. The van der Waals surface area contributed by atoms with Crippen molar-refractivity contribution in [2.45, 2.75) is 13.5 Å². The number of benzene rings is 1. The maximum Gasteiger partial charge on any atom is 0.236 e. The quantitative estimate of drug-likeness (QED) is 0.877. The van der Waals surface area contributed by atoms with Crippen molar-refractivity contribution >= 4 is 16.8 Å². The number of hydrogen-bond acceptors (Lipinski definition) is 3. The molecule has 1 amide bonds. The Morgan fingerprint density at radius 3 is 2.89 bits per heavy atom. The zero-order valence-electron chi connectivity index (χ0n) is 11.7. The minimum absolute atomic E-state index is 0.0998. The van der Waals surface area contributed by atoms with Gasteiger partial charge in [0.05, 0.1) is 17.8 Å². The molecule has 1 aromatic carbocycles. The van der Waals surface area contributed by atoms with Gasteiger partial charge in [-0.15, -0.1) is 0 Å². The lowest BCUT2D eigenvalue weighted by atomic mass is 10.2. The Bertz CT molecular complexity index is 576. The summed E-state index contributed by atoms with van der Waals surface area (Å²) in [6.07, 6.45) is 0. The van der Waals surface area contributed by atoms with Gasteiger partial charge in [0.1, 0.15) is 0 Å². The molecular weight excluding hydrogens is 240 g/mol. The van der Waals surface area contributed by atoms with Gasteiger partial charge in [-0.1, -0.05) is 18.2 Å². The van der Waals surface area contributed by atoms with E-state index in [-0.39, 0.29) is 5.91 Å². The van der Waals surface area contributed by atoms with Gasteiger partial charge >= 0.3 is 0 Å². The topological polar surface area (TPSA) is 50.2 Å². The summed E-state index contributed by atoms with van der Waals surface area (Å²) in [6.45, 7) is 3.64. The van der Waals surface area contributed by atoms with E-state index >= 15 is 0 Å². The Balaban J connectivity index is 2.01. The molecule has 5 heteroatoms. The average molecular weight is 260 g/mol. The summed E-state index contributed by atoms with van der Waals surface area (Å²) < 4.78 is 1.87. The fourth-order valence-corrected chi connectivity index (χ4v) is 2.02. The van der Waals surface area contributed by atoms with Gasteiger partial charge in [-0.3, -0.25) is 9.48 Å². The van der Waals surface area contributed by atoms with E-state index in [2.05, 4.69) is 16.5 Å². The minimum Gasteiger partial charge on any atom is -0.345 e. The zero-order valence-corrected chi connectivity index (χ0v) is 11.7. The van der Waals surface area contributed by atoms with E-state index in [4.69, 9.17) is 0 Å². The van der Waals surface area contributed by atoms with Crippen molar-refractivity contribution in [2.75, 3.05) is 20.1 Å². The molecule has 2 rings (SSSR count). The van der Waals surface area contributed by atoms with Crippen LogP contribution in [0.5, 0.6) is 0 Å². The van der Waals surface area contributed by atoms with Gasteiger partial charge in [-0.05, 0) is 13.0 Å². The Morgan fingerprint density at radius 2 is 2.16 bits per heavy atom. The molecule has 0 aliphatic carbocycles. The first-order valence-corrected chi connectivity index (χ1v) is 6.48. The van der Waals surface area contributed by atoms with Gasteiger partial charge in [-0.25, -0.2) is 0 Å². The number of aryl methyl sites for hydroxylation is 1. The number of nitrogens with one attached hydrogen (secondary N) is 1. The van der Waals surface area contributed by atoms with Crippen LogP contribution in [-0.4, -0.2) is 40.7 Å². The van der Waals surface area contributed by atoms with Crippen LogP contribution in [-0.2, 0) is 18.4 Å². The molecule has 2 aromatic rings. The second kappa shape index (κ2) is 5.84. The highest BCUT2D eigenvalue weighted by Gasteiger charge is 2.09. The number of carbonyl (C=O) groups is 1. The second-order valence-electron chi connectivity index (χ2n) is 4.60.